The Balaban J connectivity index is 1.02. The van der Waals surface area contributed by atoms with Gasteiger partial charge in [0.05, 0.1) is 22.2 Å². The average Bonchev–Trinajstić information content (AvgIpc) is 4.00. The molecule has 69 heavy (non-hydrogen) atoms. The molecule has 4 nitrogen and oxygen atoms in total. The molecule has 0 unspecified atom stereocenters. The van der Waals surface area contributed by atoms with E-state index in [0.29, 0.717) is 0 Å². The Morgan fingerprint density at radius 3 is 1.74 bits per heavy atom. The van der Waals surface area contributed by atoms with Crippen LogP contribution in [0.25, 0.3) is 81.9 Å². The standard InChI is InChI=1S/C65H51N3O/c1-40-20-25-49(26-21-40)67(57-19-13-11-15-42(57)3)59-33-31-52-53-35-46-38-61-54(36-45(46)37-60(53)68-58-32-22-44(43-16-8-7-9-17-43)34-55(58)63(59)64(52)68)51-30-29-50(39-62(51)69-61)66(56-18-12-10-14-41(56)2)48-27-23-47(24-28-48)65(4,5)6/h7-39H,1-6H3. The zero-order valence-electron chi connectivity index (χ0n) is 39.8. The highest BCUT2D eigenvalue weighted by Crippen LogP contribution is 2.49. The number of furan rings is 1. The minimum absolute atomic E-state index is 0.0654. The van der Waals surface area contributed by atoms with Gasteiger partial charge in [0, 0.05) is 66.8 Å². The summed E-state index contributed by atoms with van der Waals surface area (Å²) in [5.74, 6) is 0. The highest BCUT2D eigenvalue weighted by molar-refractivity contribution is 6.29. The van der Waals surface area contributed by atoms with Gasteiger partial charge in [0.25, 0.3) is 0 Å². The van der Waals surface area contributed by atoms with Crippen molar-refractivity contribution < 1.29 is 4.42 Å². The lowest BCUT2D eigenvalue weighted by molar-refractivity contribution is 0.590. The third-order valence-electron chi connectivity index (χ3n) is 14.5. The maximum absolute atomic E-state index is 6.85. The Kier molecular flexibility index (Phi) is 9.10. The topological polar surface area (TPSA) is 24.0 Å². The van der Waals surface area contributed by atoms with E-state index in [4.69, 9.17) is 4.42 Å². The van der Waals surface area contributed by atoms with E-state index in [-0.39, 0.29) is 5.41 Å². The van der Waals surface area contributed by atoms with Gasteiger partial charge in [0.1, 0.15) is 11.2 Å². The molecule has 0 saturated heterocycles. The van der Waals surface area contributed by atoms with Crippen LogP contribution in [-0.2, 0) is 5.41 Å². The number of rotatable bonds is 7. The van der Waals surface area contributed by atoms with E-state index < -0.39 is 0 Å². The van der Waals surface area contributed by atoms with Crippen LogP contribution in [-0.4, -0.2) is 4.40 Å². The monoisotopic (exact) mass is 889 g/mol. The summed E-state index contributed by atoms with van der Waals surface area (Å²) >= 11 is 0. The maximum atomic E-state index is 6.85. The Morgan fingerprint density at radius 1 is 0.406 bits per heavy atom. The molecule has 0 atom stereocenters. The van der Waals surface area contributed by atoms with E-state index in [1.165, 1.54) is 76.9 Å². The highest BCUT2D eigenvalue weighted by Gasteiger charge is 2.26. The second-order valence-corrected chi connectivity index (χ2v) is 20.0. The molecule has 3 heterocycles. The summed E-state index contributed by atoms with van der Waals surface area (Å²) in [6.07, 6.45) is 0. The third kappa shape index (κ3) is 6.50. The quantitative estimate of drug-likeness (QED) is 0.159. The second kappa shape index (κ2) is 15.3. The molecule has 4 heteroatoms. The van der Waals surface area contributed by atoms with Gasteiger partial charge in [0.2, 0.25) is 0 Å². The summed E-state index contributed by atoms with van der Waals surface area (Å²) in [5.41, 5.74) is 19.6. The molecule has 0 saturated carbocycles. The Labute approximate surface area is 402 Å². The highest BCUT2D eigenvalue weighted by atomic mass is 16.3. The van der Waals surface area contributed by atoms with Crippen LogP contribution in [0.2, 0.25) is 0 Å². The second-order valence-electron chi connectivity index (χ2n) is 20.0. The first kappa shape index (κ1) is 40.9. The van der Waals surface area contributed by atoms with E-state index in [1.807, 2.05) is 0 Å². The van der Waals surface area contributed by atoms with Crippen LogP contribution in [0.5, 0.6) is 0 Å². The predicted octanol–water partition coefficient (Wildman–Crippen LogP) is 18.7. The van der Waals surface area contributed by atoms with Crippen LogP contribution in [0.3, 0.4) is 0 Å². The Morgan fingerprint density at radius 2 is 1.01 bits per heavy atom. The Bertz CT molecular complexity index is 4130. The first-order valence-corrected chi connectivity index (χ1v) is 24.1. The molecule has 13 aromatic rings. The number of aromatic nitrogens is 1. The van der Waals surface area contributed by atoms with Gasteiger partial charge in [0.15, 0.2) is 0 Å². The van der Waals surface area contributed by atoms with Crippen molar-refractivity contribution in [2.75, 3.05) is 9.80 Å². The van der Waals surface area contributed by atoms with Gasteiger partial charge in [-0.25, -0.2) is 0 Å². The number of benzene rings is 10. The molecule has 0 aliphatic carbocycles. The fourth-order valence-corrected chi connectivity index (χ4v) is 11.0. The minimum atomic E-state index is 0.0654. The lowest BCUT2D eigenvalue weighted by atomic mass is 9.87. The first-order chi connectivity index (χ1) is 33.6. The van der Waals surface area contributed by atoms with Crippen LogP contribution < -0.4 is 9.80 Å². The molecule has 0 fully saturated rings. The summed E-state index contributed by atoms with van der Waals surface area (Å²) in [6.45, 7) is 13.3. The lowest BCUT2D eigenvalue weighted by Gasteiger charge is -2.28. The third-order valence-corrected chi connectivity index (χ3v) is 14.5. The number of anilines is 6. The smallest absolute Gasteiger partial charge is 0.137 e. The van der Waals surface area contributed by atoms with Crippen molar-refractivity contribution in [2.45, 2.75) is 47.0 Å². The zero-order chi connectivity index (χ0) is 46.7. The largest absolute Gasteiger partial charge is 0.456 e. The Hall–Kier alpha value is -8.34. The van der Waals surface area contributed by atoms with Gasteiger partial charge in [-0.2, -0.15) is 0 Å². The van der Waals surface area contributed by atoms with Gasteiger partial charge in [-0.1, -0.05) is 129 Å². The minimum Gasteiger partial charge on any atom is -0.456 e. The van der Waals surface area contributed by atoms with Gasteiger partial charge in [-0.3, -0.25) is 0 Å². The fraction of sp³-hybridized carbons (Fsp3) is 0.108. The SMILES string of the molecule is Cc1ccc(N(c2ccccc2C)c2ccc3c4cc5cc6oc7cc(N(c8ccc(C(C)(C)C)cc8)c8ccccc8C)ccc7c6cc5cc4n4c5ccc(-c6ccccc6)cc5c2c34)cc1. The van der Waals surface area contributed by atoms with Crippen molar-refractivity contribution in [3.63, 3.8) is 0 Å². The number of fused-ring (bicyclic) bond motifs is 10. The van der Waals surface area contributed by atoms with Gasteiger partial charge < -0.3 is 18.6 Å². The molecule has 13 rings (SSSR count). The zero-order valence-corrected chi connectivity index (χ0v) is 39.8. The molecule has 0 aliphatic heterocycles. The van der Waals surface area contributed by atoms with E-state index in [1.54, 1.807) is 0 Å². The molecule has 0 bridgehead atoms. The number of nitrogens with zero attached hydrogens (tertiary/aromatic N) is 3. The molecule has 10 aromatic carbocycles. The van der Waals surface area contributed by atoms with Crippen molar-refractivity contribution in [2.24, 2.45) is 0 Å². The summed E-state index contributed by atoms with van der Waals surface area (Å²) in [7, 11) is 0. The van der Waals surface area contributed by atoms with Crippen molar-refractivity contribution in [3.05, 3.63) is 222 Å². The van der Waals surface area contributed by atoms with E-state index >= 15 is 0 Å². The lowest BCUT2D eigenvalue weighted by Crippen LogP contribution is -2.13. The van der Waals surface area contributed by atoms with Crippen LogP contribution in [0.1, 0.15) is 43.0 Å². The van der Waals surface area contributed by atoms with Crippen LogP contribution >= 0.6 is 0 Å². The fourth-order valence-electron chi connectivity index (χ4n) is 11.0. The van der Waals surface area contributed by atoms with E-state index in [0.717, 1.165) is 61.4 Å². The molecular formula is C65H51N3O. The van der Waals surface area contributed by atoms with Crippen molar-refractivity contribution >= 4 is 105 Å². The molecule has 0 amide bonds. The summed E-state index contributed by atoms with van der Waals surface area (Å²) in [5, 5.41) is 9.48. The van der Waals surface area contributed by atoms with Crippen LogP contribution in [0.4, 0.5) is 34.1 Å². The molecule has 0 spiro atoms. The number of hydrogen-bond acceptors (Lipinski definition) is 3. The summed E-state index contributed by atoms with van der Waals surface area (Å²) in [4.78, 5) is 4.81. The number of hydrogen-bond donors (Lipinski definition) is 0. The molecule has 0 radical (unpaired) electrons. The molecule has 0 N–H and O–H groups in total. The summed E-state index contributed by atoms with van der Waals surface area (Å²) < 4.78 is 9.38. The average molecular weight is 890 g/mol. The van der Waals surface area contributed by atoms with Crippen LogP contribution in [0, 0.1) is 20.8 Å². The number of aryl methyl sites for hydroxylation is 3. The molecule has 332 valence electrons. The van der Waals surface area contributed by atoms with E-state index in [2.05, 4.69) is 256 Å². The normalized spacial score (nSPS) is 12.2. The molecule has 3 aromatic heterocycles. The predicted molar refractivity (Wildman–Crippen MR) is 294 cm³/mol. The molecule has 0 aliphatic rings. The van der Waals surface area contributed by atoms with Crippen molar-refractivity contribution in [1.29, 1.82) is 0 Å². The number of para-hydroxylation sites is 2. The van der Waals surface area contributed by atoms with Gasteiger partial charge in [-0.05, 0) is 156 Å². The van der Waals surface area contributed by atoms with Crippen molar-refractivity contribution in [1.82, 2.24) is 4.40 Å². The van der Waals surface area contributed by atoms with Crippen LogP contribution in [0.15, 0.2) is 205 Å². The van der Waals surface area contributed by atoms with Crippen molar-refractivity contribution in [3.8, 4) is 11.1 Å². The van der Waals surface area contributed by atoms with Gasteiger partial charge in [-0.15, -0.1) is 0 Å². The molecular weight excluding hydrogens is 839 g/mol. The van der Waals surface area contributed by atoms with E-state index in [9.17, 15) is 0 Å². The summed E-state index contributed by atoms with van der Waals surface area (Å²) in [6, 6.07) is 73.8. The van der Waals surface area contributed by atoms with Gasteiger partial charge >= 0.3 is 0 Å². The maximum Gasteiger partial charge on any atom is 0.137 e. The first-order valence-electron chi connectivity index (χ1n) is 24.1.